The third kappa shape index (κ3) is 6.03. The normalized spacial score (nSPS) is 12.0. The van der Waals surface area contributed by atoms with E-state index in [9.17, 15) is 4.79 Å². The molecule has 0 bridgehead atoms. The van der Waals surface area contributed by atoms with Crippen molar-refractivity contribution >= 4 is 23.4 Å². The van der Waals surface area contributed by atoms with Crippen molar-refractivity contribution < 1.29 is 14.3 Å². The van der Waals surface area contributed by atoms with Gasteiger partial charge in [-0.3, -0.25) is 4.79 Å². The molecule has 0 fully saturated rings. The van der Waals surface area contributed by atoms with Crippen molar-refractivity contribution in [2.75, 3.05) is 18.2 Å². The van der Waals surface area contributed by atoms with Crippen LogP contribution in [0.2, 0.25) is 0 Å². The largest absolute Gasteiger partial charge is 0.497 e. The van der Waals surface area contributed by atoms with Gasteiger partial charge in [0.05, 0.1) is 12.9 Å². The molecule has 1 heterocycles. The van der Waals surface area contributed by atoms with Crippen LogP contribution in [0.5, 0.6) is 11.5 Å². The van der Waals surface area contributed by atoms with Crippen LogP contribution in [0.3, 0.4) is 0 Å². The average Bonchev–Trinajstić information content (AvgIpc) is 3.16. The number of benzene rings is 2. The fourth-order valence-electron chi connectivity index (χ4n) is 3.43. The Hall–Kier alpha value is -3.00. The van der Waals surface area contributed by atoms with E-state index >= 15 is 0 Å². The number of nitrogens with one attached hydrogen (secondary N) is 1. The summed E-state index contributed by atoms with van der Waals surface area (Å²) in [6, 6.07) is 13.5. The number of hydrogen-bond donors (Lipinski definition) is 1. The Balaban J connectivity index is 1.67. The Morgan fingerprint density at radius 1 is 1.03 bits per heavy atom. The first-order chi connectivity index (χ1) is 15.3. The molecule has 32 heavy (non-hydrogen) atoms. The molecule has 1 amide bonds. The lowest BCUT2D eigenvalue weighted by Crippen LogP contribution is -2.16. The number of thioether (sulfide) groups is 1. The molecule has 0 saturated heterocycles. The highest BCUT2D eigenvalue weighted by molar-refractivity contribution is 7.99. The molecule has 1 aromatic heterocycles. The molecule has 1 atom stereocenters. The molecule has 0 saturated carbocycles. The van der Waals surface area contributed by atoms with Crippen LogP contribution in [0, 0.1) is 13.8 Å². The monoisotopic (exact) mass is 454 g/mol. The van der Waals surface area contributed by atoms with Gasteiger partial charge in [-0.1, -0.05) is 17.8 Å². The van der Waals surface area contributed by atoms with Crippen LogP contribution >= 0.6 is 11.8 Å². The van der Waals surface area contributed by atoms with Crippen LogP contribution in [-0.2, 0) is 4.79 Å². The highest BCUT2D eigenvalue weighted by Crippen LogP contribution is 2.28. The predicted octanol–water partition coefficient (Wildman–Crippen LogP) is 5.36. The van der Waals surface area contributed by atoms with E-state index in [0.29, 0.717) is 11.0 Å². The van der Waals surface area contributed by atoms with E-state index < -0.39 is 0 Å². The fraction of sp³-hybridized carbons (Fsp3) is 0.375. The number of carbonyl (C=O) groups excluding carboxylic acids is 1. The number of rotatable bonds is 9. The molecule has 7 nitrogen and oxygen atoms in total. The molecule has 0 aliphatic heterocycles. The summed E-state index contributed by atoms with van der Waals surface area (Å²) >= 11 is 1.37. The third-order valence-electron chi connectivity index (χ3n) is 4.78. The van der Waals surface area contributed by atoms with Gasteiger partial charge in [-0.2, -0.15) is 0 Å². The van der Waals surface area contributed by atoms with Crippen LogP contribution in [0.4, 0.5) is 5.69 Å². The summed E-state index contributed by atoms with van der Waals surface area (Å²) in [6.07, 6.45) is -0.309. The molecular weight excluding hydrogens is 424 g/mol. The molecule has 1 unspecified atom stereocenters. The lowest BCUT2D eigenvalue weighted by atomic mass is 10.1. The molecular formula is C24H30N4O3S. The lowest BCUT2D eigenvalue weighted by molar-refractivity contribution is -0.113. The van der Waals surface area contributed by atoms with E-state index in [0.717, 1.165) is 28.3 Å². The first-order valence-corrected chi connectivity index (χ1v) is 11.5. The summed E-state index contributed by atoms with van der Waals surface area (Å²) in [5.74, 6) is 2.37. The summed E-state index contributed by atoms with van der Waals surface area (Å²) in [5, 5.41) is 12.3. The highest BCUT2D eigenvalue weighted by atomic mass is 32.2. The van der Waals surface area contributed by atoms with E-state index in [2.05, 4.69) is 35.4 Å². The molecule has 170 valence electrons. The minimum Gasteiger partial charge on any atom is -0.497 e. The summed E-state index contributed by atoms with van der Waals surface area (Å²) < 4.78 is 13.3. The summed E-state index contributed by atoms with van der Waals surface area (Å²) in [4.78, 5) is 12.5. The van der Waals surface area contributed by atoms with Crippen molar-refractivity contribution in [3.8, 4) is 11.5 Å². The maximum absolute atomic E-state index is 12.5. The van der Waals surface area contributed by atoms with Crippen molar-refractivity contribution in [3.63, 3.8) is 0 Å². The van der Waals surface area contributed by atoms with Gasteiger partial charge >= 0.3 is 0 Å². The van der Waals surface area contributed by atoms with Crippen molar-refractivity contribution in [1.29, 1.82) is 0 Å². The van der Waals surface area contributed by atoms with Gasteiger partial charge in [-0.25, -0.2) is 0 Å². The second-order valence-corrected chi connectivity index (χ2v) is 8.90. The van der Waals surface area contributed by atoms with Crippen molar-refractivity contribution in [1.82, 2.24) is 14.8 Å². The number of anilines is 1. The van der Waals surface area contributed by atoms with E-state index in [1.54, 1.807) is 7.11 Å². The summed E-state index contributed by atoms with van der Waals surface area (Å²) in [7, 11) is 1.63. The maximum Gasteiger partial charge on any atom is 0.234 e. The zero-order valence-corrected chi connectivity index (χ0v) is 20.2. The van der Waals surface area contributed by atoms with E-state index in [4.69, 9.17) is 9.47 Å². The number of amides is 1. The molecule has 0 spiro atoms. The Morgan fingerprint density at radius 2 is 1.66 bits per heavy atom. The summed E-state index contributed by atoms with van der Waals surface area (Å²) in [6.45, 7) is 10.1. The van der Waals surface area contributed by atoms with E-state index in [-0.39, 0.29) is 23.8 Å². The van der Waals surface area contributed by atoms with Crippen molar-refractivity contribution in [2.45, 2.75) is 51.9 Å². The molecule has 8 heteroatoms. The number of ether oxygens (including phenoxy) is 2. The number of methoxy groups -OCH3 is 1. The first kappa shape index (κ1) is 23.7. The van der Waals surface area contributed by atoms with Gasteiger partial charge < -0.3 is 19.4 Å². The molecule has 0 aliphatic rings. The molecule has 1 N–H and O–H groups in total. The summed E-state index contributed by atoms with van der Waals surface area (Å²) in [5.41, 5.74) is 3.03. The van der Waals surface area contributed by atoms with Crippen LogP contribution < -0.4 is 14.8 Å². The van der Waals surface area contributed by atoms with Crippen LogP contribution in [-0.4, -0.2) is 33.5 Å². The van der Waals surface area contributed by atoms with Crippen LogP contribution in [0.15, 0.2) is 47.6 Å². The molecule has 3 aromatic rings. The highest BCUT2D eigenvalue weighted by Gasteiger charge is 2.22. The SMILES string of the molecule is COc1ccc(OC(C)c2nnc(SCC(=O)Nc3cc(C)cc(C)c3)n2C(C)C)cc1. The van der Waals surface area contributed by atoms with Crippen LogP contribution in [0.25, 0.3) is 0 Å². The van der Waals surface area contributed by atoms with Gasteiger partial charge in [0.1, 0.15) is 11.5 Å². The fourth-order valence-corrected chi connectivity index (χ4v) is 4.31. The predicted molar refractivity (Wildman–Crippen MR) is 128 cm³/mol. The zero-order valence-electron chi connectivity index (χ0n) is 19.4. The van der Waals surface area contributed by atoms with Gasteiger partial charge in [0.25, 0.3) is 0 Å². The van der Waals surface area contributed by atoms with Gasteiger partial charge in [-0.15, -0.1) is 10.2 Å². The number of carbonyl (C=O) groups is 1. The topological polar surface area (TPSA) is 78.3 Å². The standard InChI is InChI=1S/C24H30N4O3S/c1-15(2)28-23(18(5)31-21-9-7-20(30-6)8-10-21)26-27-24(28)32-14-22(29)25-19-12-16(3)11-17(4)13-19/h7-13,15,18H,14H2,1-6H3,(H,25,29). The third-order valence-corrected chi connectivity index (χ3v) is 5.72. The van der Waals surface area contributed by atoms with E-state index in [1.807, 2.05) is 61.7 Å². The first-order valence-electron chi connectivity index (χ1n) is 10.5. The Kier molecular flexibility index (Phi) is 7.80. The quantitative estimate of drug-likeness (QED) is 0.439. The minimum absolute atomic E-state index is 0.0811. The number of hydrogen-bond acceptors (Lipinski definition) is 6. The second-order valence-electron chi connectivity index (χ2n) is 7.95. The number of aryl methyl sites for hydroxylation is 2. The molecule has 3 rings (SSSR count). The maximum atomic E-state index is 12.5. The van der Waals surface area contributed by atoms with Crippen molar-refractivity contribution in [2.24, 2.45) is 0 Å². The van der Waals surface area contributed by atoms with E-state index in [1.165, 1.54) is 11.8 Å². The zero-order chi connectivity index (χ0) is 23.3. The van der Waals surface area contributed by atoms with Gasteiger partial charge in [-0.05, 0) is 82.1 Å². The second kappa shape index (κ2) is 10.5. The Morgan fingerprint density at radius 3 is 2.25 bits per heavy atom. The lowest BCUT2D eigenvalue weighted by Gasteiger charge is -2.19. The number of aromatic nitrogens is 3. The molecule has 0 radical (unpaired) electrons. The van der Waals surface area contributed by atoms with Gasteiger partial charge in [0, 0.05) is 11.7 Å². The smallest absolute Gasteiger partial charge is 0.234 e. The molecule has 0 aliphatic carbocycles. The van der Waals surface area contributed by atoms with Crippen molar-refractivity contribution in [3.05, 3.63) is 59.4 Å². The minimum atomic E-state index is -0.309. The Labute approximate surface area is 193 Å². The average molecular weight is 455 g/mol. The van der Waals surface area contributed by atoms with Gasteiger partial charge in [0.15, 0.2) is 17.1 Å². The van der Waals surface area contributed by atoms with Crippen LogP contribution in [0.1, 0.15) is 49.9 Å². The molecule has 2 aromatic carbocycles. The Bertz CT molecular complexity index is 1040. The number of nitrogens with zero attached hydrogens (tertiary/aromatic N) is 3. The van der Waals surface area contributed by atoms with Gasteiger partial charge in [0.2, 0.25) is 5.91 Å².